The van der Waals surface area contributed by atoms with Crippen molar-refractivity contribution in [2.75, 3.05) is 26.2 Å². The van der Waals surface area contributed by atoms with Crippen molar-refractivity contribution in [2.24, 2.45) is 0 Å². The van der Waals surface area contributed by atoms with Crippen molar-refractivity contribution in [3.8, 4) is 0 Å². The molecule has 23 heavy (non-hydrogen) atoms. The first-order chi connectivity index (χ1) is 11.1. The predicted octanol–water partition coefficient (Wildman–Crippen LogP) is 3.06. The summed E-state index contributed by atoms with van der Waals surface area (Å²) >= 11 is 1.69. The lowest BCUT2D eigenvalue weighted by molar-refractivity contribution is 0.287. The maximum absolute atomic E-state index is 12.7. The average molecular weight is 354 g/mol. The molecule has 1 saturated heterocycles. The molecule has 1 aromatic carbocycles. The van der Waals surface area contributed by atoms with Gasteiger partial charge in [0.15, 0.2) is 0 Å². The van der Waals surface area contributed by atoms with Crippen LogP contribution in [0.4, 0.5) is 0 Å². The SMILES string of the molecule is CCN(CC)S(=O)(=O)N1CCCC(c2nc3ccccc3s2)C1. The summed E-state index contributed by atoms with van der Waals surface area (Å²) in [5.74, 6) is 0.200. The Bertz CT molecular complexity index is 735. The Morgan fingerprint density at radius 1 is 1.30 bits per heavy atom. The van der Waals surface area contributed by atoms with Crippen LogP contribution in [0.2, 0.25) is 0 Å². The molecule has 2 heterocycles. The lowest BCUT2D eigenvalue weighted by atomic mass is 10.0. The van der Waals surface area contributed by atoms with Gasteiger partial charge in [0.05, 0.1) is 15.2 Å². The van der Waals surface area contributed by atoms with E-state index >= 15 is 0 Å². The number of rotatable bonds is 5. The third kappa shape index (κ3) is 3.28. The monoisotopic (exact) mass is 353 g/mol. The van der Waals surface area contributed by atoms with E-state index in [0.29, 0.717) is 26.2 Å². The number of fused-ring (bicyclic) bond motifs is 1. The van der Waals surface area contributed by atoms with E-state index in [9.17, 15) is 8.42 Å². The fourth-order valence-corrected chi connectivity index (χ4v) is 5.93. The van der Waals surface area contributed by atoms with Crippen molar-refractivity contribution in [1.29, 1.82) is 0 Å². The topological polar surface area (TPSA) is 53.5 Å². The number of piperidine rings is 1. The zero-order chi connectivity index (χ0) is 16.4. The van der Waals surface area contributed by atoms with Crippen molar-refractivity contribution in [1.82, 2.24) is 13.6 Å². The molecule has 1 fully saturated rings. The number of aromatic nitrogens is 1. The highest BCUT2D eigenvalue weighted by molar-refractivity contribution is 7.86. The van der Waals surface area contributed by atoms with Crippen LogP contribution in [0.15, 0.2) is 24.3 Å². The quantitative estimate of drug-likeness (QED) is 0.830. The highest BCUT2D eigenvalue weighted by atomic mass is 32.2. The molecule has 1 unspecified atom stereocenters. The molecule has 0 radical (unpaired) electrons. The minimum atomic E-state index is -3.35. The Morgan fingerprint density at radius 3 is 2.74 bits per heavy atom. The van der Waals surface area contributed by atoms with Crippen LogP contribution in [0, 0.1) is 0 Å². The Kier molecular flexibility index (Phi) is 5.01. The molecule has 1 atom stereocenters. The summed E-state index contributed by atoms with van der Waals surface area (Å²) in [5, 5.41) is 1.06. The van der Waals surface area contributed by atoms with Crippen LogP contribution in [-0.4, -0.2) is 48.2 Å². The Labute approximate surface area is 142 Å². The molecule has 7 heteroatoms. The number of benzene rings is 1. The van der Waals surface area contributed by atoms with Crippen LogP contribution >= 0.6 is 11.3 Å². The third-order valence-corrected chi connectivity index (χ3v) is 7.75. The second-order valence-corrected chi connectivity index (χ2v) is 8.80. The zero-order valence-corrected chi connectivity index (χ0v) is 15.2. The van der Waals surface area contributed by atoms with Crippen LogP contribution in [-0.2, 0) is 10.2 Å². The minimum absolute atomic E-state index is 0.200. The second kappa shape index (κ2) is 6.84. The molecule has 1 aromatic heterocycles. The largest absolute Gasteiger partial charge is 0.281 e. The first kappa shape index (κ1) is 16.8. The van der Waals surface area contributed by atoms with Gasteiger partial charge < -0.3 is 0 Å². The standard InChI is InChI=1S/C16H23N3O2S2/c1-3-18(4-2)23(20,21)19-11-7-8-13(12-19)16-17-14-9-5-6-10-15(14)22-16/h5-6,9-10,13H,3-4,7-8,11-12H2,1-2H3. The molecule has 0 spiro atoms. The van der Waals surface area contributed by atoms with E-state index in [-0.39, 0.29) is 5.92 Å². The number of para-hydroxylation sites is 1. The van der Waals surface area contributed by atoms with Gasteiger partial charge in [0, 0.05) is 32.1 Å². The summed E-state index contributed by atoms with van der Waals surface area (Å²) in [6.45, 7) is 5.95. The van der Waals surface area contributed by atoms with Crippen LogP contribution < -0.4 is 0 Å². The highest BCUT2D eigenvalue weighted by Crippen LogP contribution is 2.34. The Hall–Kier alpha value is -1.02. The number of hydrogen-bond acceptors (Lipinski definition) is 4. The highest BCUT2D eigenvalue weighted by Gasteiger charge is 2.33. The van der Waals surface area contributed by atoms with Gasteiger partial charge >= 0.3 is 0 Å². The molecule has 0 amide bonds. The minimum Gasteiger partial charge on any atom is -0.241 e. The molecule has 1 aliphatic rings. The predicted molar refractivity (Wildman–Crippen MR) is 95.0 cm³/mol. The van der Waals surface area contributed by atoms with E-state index in [1.807, 2.05) is 32.0 Å². The molecular formula is C16H23N3O2S2. The normalized spacial score (nSPS) is 20.4. The zero-order valence-electron chi connectivity index (χ0n) is 13.6. The third-order valence-electron chi connectivity index (χ3n) is 4.40. The molecule has 0 N–H and O–H groups in total. The lowest BCUT2D eigenvalue weighted by Gasteiger charge is -2.34. The van der Waals surface area contributed by atoms with Crippen LogP contribution in [0.3, 0.4) is 0 Å². The van der Waals surface area contributed by atoms with Gasteiger partial charge in [0.25, 0.3) is 10.2 Å². The van der Waals surface area contributed by atoms with Gasteiger partial charge in [0.2, 0.25) is 0 Å². The van der Waals surface area contributed by atoms with Crippen LogP contribution in [0.5, 0.6) is 0 Å². The summed E-state index contributed by atoms with van der Waals surface area (Å²) in [7, 11) is -3.35. The van der Waals surface area contributed by atoms with E-state index in [1.54, 1.807) is 15.6 Å². The average Bonchev–Trinajstić information content (AvgIpc) is 3.00. The van der Waals surface area contributed by atoms with E-state index in [4.69, 9.17) is 4.98 Å². The van der Waals surface area contributed by atoms with Crippen LogP contribution in [0.1, 0.15) is 37.6 Å². The Balaban J connectivity index is 1.83. The molecule has 3 rings (SSSR count). The number of nitrogens with zero attached hydrogens (tertiary/aromatic N) is 3. The summed E-state index contributed by atoms with van der Waals surface area (Å²) in [4.78, 5) is 4.72. The van der Waals surface area contributed by atoms with Crippen molar-refractivity contribution >= 4 is 31.8 Å². The maximum Gasteiger partial charge on any atom is 0.281 e. The van der Waals surface area contributed by atoms with Gasteiger partial charge in [-0.05, 0) is 25.0 Å². The molecular weight excluding hydrogens is 330 g/mol. The fraction of sp³-hybridized carbons (Fsp3) is 0.562. The van der Waals surface area contributed by atoms with Gasteiger partial charge in [-0.1, -0.05) is 26.0 Å². The van der Waals surface area contributed by atoms with Gasteiger partial charge in [-0.3, -0.25) is 0 Å². The van der Waals surface area contributed by atoms with Gasteiger partial charge in [-0.2, -0.15) is 17.0 Å². The summed E-state index contributed by atoms with van der Waals surface area (Å²) in [6.07, 6.45) is 1.89. The van der Waals surface area contributed by atoms with E-state index in [2.05, 4.69) is 6.07 Å². The van der Waals surface area contributed by atoms with Gasteiger partial charge in [-0.15, -0.1) is 11.3 Å². The maximum atomic E-state index is 12.7. The smallest absolute Gasteiger partial charge is 0.241 e. The molecule has 0 saturated carbocycles. The van der Waals surface area contributed by atoms with Crippen molar-refractivity contribution in [3.05, 3.63) is 29.3 Å². The summed E-state index contributed by atoms with van der Waals surface area (Å²) in [6, 6.07) is 8.10. The van der Waals surface area contributed by atoms with Crippen molar-refractivity contribution in [2.45, 2.75) is 32.6 Å². The molecule has 0 aliphatic carbocycles. The number of hydrogen-bond donors (Lipinski definition) is 0. The molecule has 5 nitrogen and oxygen atoms in total. The lowest BCUT2D eigenvalue weighted by Crippen LogP contribution is -2.47. The van der Waals surface area contributed by atoms with E-state index in [0.717, 1.165) is 23.4 Å². The van der Waals surface area contributed by atoms with Crippen molar-refractivity contribution in [3.63, 3.8) is 0 Å². The molecule has 2 aromatic rings. The number of thiazole rings is 1. The summed E-state index contributed by atoms with van der Waals surface area (Å²) < 4.78 is 29.8. The fourth-order valence-electron chi connectivity index (χ4n) is 3.13. The molecule has 126 valence electrons. The summed E-state index contributed by atoms with van der Waals surface area (Å²) in [5.41, 5.74) is 1.01. The first-order valence-corrected chi connectivity index (χ1v) is 10.4. The van der Waals surface area contributed by atoms with Gasteiger partial charge in [-0.25, -0.2) is 4.98 Å². The van der Waals surface area contributed by atoms with E-state index < -0.39 is 10.2 Å². The molecule has 0 bridgehead atoms. The first-order valence-electron chi connectivity index (χ1n) is 8.17. The molecule has 1 aliphatic heterocycles. The Morgan fingerprint density at radius 2 is 2.04 bits per heavy atom. The van der Waals surface area contributed by atoms with Gasteiger partial charge in [0.1, 0.15) is 0 Å². The van der Waals surface area contributed by atoms with Crippen LogP contribution in [0.25, 0.3) is 10.2 Å². The van der Waals surface area contributed by atoms with Crippen molar-refractivity contribution < 1.29 is 8.42 Å². The van der Waals surface area contributed by atoms with E-state index in [1.165, 1.54) is 9.01 Å². The second-order valence-electron chi connectivity index (χ2n) is 5.81.